The number of nitrogens with one attached hydrogen (secondary N) is 2. The van der Waals surface area contributed by atoms with Gasteiger partial charge in [0, 0.05) is 6.04 Å². The van der Waals surface area contributed by atoms with Gasteiger partial charge in [-0.05, 0) is 31.2 Å². The SMILES string of the molecule is c1ccc(C2(NNC3CCCCC3)CCCCC2)cc1. The van der Waals surface area contributed by atoms with Gasteiger partial charge in [0.25, 0.3) is 0 Å². The van der Waals surface area contributed by atoms with Crippen molar-refractivity contribution in [3.63, 3.8) is 0 Å². The molecule has 110 valence electrons. The van der Waals surface area contributed by atoms with E-state index in [4.69, 9.17) is 0 Å². The summed E-state index contributed by atoms with van der Waals surface area (Å²) in [6.07, 6.45) is 13.4. The van der Waals surface area contributed by atoms with Gasteiger partial charge < -0.3 is 0 Å². The summed E-state index contributed by atoms with van der Waals surface area (Å²) in [5.41, 5.74) is 9.08. The molecule has 0 heterocycles. The lowest BCUT2D eigenvalue weighted by atomic mass is 9.77. The molecule has 0 aromatic heterocycles. The summed E-state index contributed by atoms with van der Waals surface area (Å²) in [5, 5.41) is 0. The summed E-state index contributed by atoms with van der Waals surface area (Å²) in [5.74, 6) is 0. The molecule has 0 bridgehead atoms. The second kappa shape index (κ2) is 6.73. The van der Waals surface area contributed by atoms with Crippen molar-refractivity contribution >= 4 is 0 Å². The molecule has 0 spiro atoms. The van der Waals surface area contributed by atoms with E-state index in [1.807, 2.05) is 0 Å². The first-order valence-corrected chi connectivity index (χ1v) is 8.47. The van der Waals surface area contributed by atoms with Crippen LogP contribution in [0.4, 0.5) is 0 Å². The normalized spacial score (nSPS) is 23.6. The van der Waals surface area contributed by atoms with Crippen LogP contribution in [0.15, 0.2) is 30.3 Å². The van der Waals surface area contributed by atoms with Crippen LogP contribution in [0.3, 0.4) is 0 Å². The molecule has 0 radical (unpaired) electrons. The zero-order valence-corrected chi connectivity index (χ0v) is 12.5. The molecule has 0 aliphatic heterocycles. The van der Waals surface area contributed by atoms with Gasteiger partial charge in [0.05, 0.1) is 5.54 Å². The molecule has 0 saturated heterocycles. The van der Waals surface area contributed by atoms with Gasteiger partial charge in [0.2, 0.25) is 0 Å². The maximum absolute atomic E-state index is 3.77. The highest BCUT2D eigenvalue weighted by atomic mass is 15.4. The molecule has 2 aliphatic carbocycles. The van der Waals surface area contributed by atoms with Crippen molar-refractivity contribution in [2.24, 2.45) is 0 Å². The van der Waals surface area contributed by atoms with Gasteiger partial charge in [-0.1, -0.05) is 68.9 Å². The molecule has 20 heavy (non-hydrogen) atoms. The smallest absolute Gasteiger partial charge is 0.0572 e. The van der Waals surface area contributed by atoms with Gasteiger partial charge in [0.1, 0.15) is 0 Å². The zero-order chi connectivity index (χ0) is 13.7. The van der Waals surface area contributed by atoms with Crippen LogP contribution in [0.1, 0.15) is 69.8 Å². The minimum atomic E-state index is 0.164. The summed E-state index contributed by atoms with van der Waals surface area (Å²) < 4.78 is 0. The number of hydrogen-bond donors (Lipinski definition) is 2. The van der Waals surface area contributed by atoms with Crippen molar-refractivity contribution in [2.45, 2.75) is 75.8 Å². The molecule has 2 N–H and O–H groups in total. The summed E-state index contributed by atoms with van der Waals surface area (Å²) >= 11 is 0. The topological polar surface area (TPSA) is 24.1 Å². The monoisotopic (exact) mass is 272 g/mol. The van der Waals surface area contributed by atoms with Crippen molar-refractivity contribution in [1.82, 2.24) is 10.9 Å². The lowest BCUT2D eigenvalue weighted by Gasteiger charge is -2.40. The predicted octanol–water partition coefficient (Wildman–Crippen LogP) is 4.27. The minimum Gasteiger partial charge on any atom is -0.254 e. The van der Waals surface area contributed by atoms with Crippen molar-refractivity contribution in [1.29, 1.82) is 0 Å². The van der Waals surface area contributed by atoms with Gasteiger partial charge in [-0.2, -0.15) is 0 Å². The molecule has 2 nitrogen and oxygen atoms in total. The molecule has 2 saturated carbocycles. The highest BCUT2D eigenvalue weighted by Gasteiger charge is 2.34. The van der Waals surface area contributed by atoms with Crippen LogP contribution in [-0.2, 0) is 5.54 Å². The van der Waals surface area contributed by atoms with Crippen molar-refractivity contribution in [3.8, 4) is 0 Å². The van der Waals surface area contributed by atoms with E-state index < -0.39 is 0 Å². The molecule has 2 aliphatic rings. The average molecular weight is 272 g/mol. The molecule has 1 aromatic carbocycles. The first-order valence-electron chi connectivity index (χ1n) is 8.47. The van der Waals surface area contributed by atoms with Crippen molar-refractivity contribution in [2.75, 3.05) is 0 Å². The predicted molar refractivity (Wildman–Crippen MR) is 84.3 cm³/mol. The van der Waals surface area contributed by atoms with E-state index in [0.29, 0.717) is 6.04 Å². The summed E-state index contributed by atoms with van der Waals surface area (Å²) in [7, 11) is 0. The maximum atomic E-state index is 3.77. The molecule has 0 unspecified atom stereocenters. The fraction of sp³-hybridized carbons (Fsp3) is 0.667. The van der Waals surface area contributed by atoms with E-state index >= 15 is 0 Å². The highest BCUT2D eigenvalue weighted by molar-refractivity contribution is 5.24. The third kappa shape index (κ3) is 3.24. The Bertz CT molecular complexity index is 389. The summed E-state index contributed by atoms with van der Waals surface area (Å²) in [6, 6.07) is 11.7. The standard InChI is InChI=1S/C18H28N2/c1-4-10-16(11-5-1)18(14-8-3-9-15-18)20-19-17-12-6-2-7-13-17/h1,4-5,10-11,17,19-20H,2-3,6-9,12-15H2. The molecule has 1 aromatic rings. The summed E-state index contributed by atoms with van der Waals surface area (Å²) in [6.45, 7) is 0. The molecule has 2 heteroatoms. The fourth-order valence-corrected chi connectivity index (χ4v) is 3.89. The van der Waals surface area contributed by atoms with Crippen LogP contribution in [0.25, 0.3) is 0 Å². The van der Waals surface area contributed by atoms with Crippen LogP contribution >= 0.6 is 0 Å². The second-order valence-corrected chi connectivity index (χ2v) is 6.61. The van der Waals surface area contributed by atoms with Crippen LogP contribution in [-0.4, -0.2) is 6.04 Å². The Kier molecular flexibility index (Phi) is 4.74. The molecular weight excluding hydrogens is 244 g/mol. The van der Waals surface area contributed by atoms with Crippen LogP contribution in [0.2, 0.25) is 0 Å². The fourth-order valence-electron chi connectivity index (χ4n) is 3.89. The largest absolute Gasteiger partial charge is 0.254 e. The second-order valence-electron chi connectivity index (χ2n) is 6.61. The van der Waals surface area contributed by atoms with Crippen molar-refractivity contribution < 1.29 is 0 Å². The highest BCUT2D eigenvalue weighted by Crippen LogP contribution is 2.36. The third-order valence-corrected chi connectivity index (χ3v) is 5.15. The van der Waals surface area contributed by atoms with E-state index in [0.717, 1.165) is 0 Å². The molecule has 0 amide bonds. The number of hydrogen-bond acceptors (Lipinski definition) is 2. The lowest BCUT2D eigenvalue weighted by molar-refractivity contribution is 0.178. The van der Waals surface area contributed by atoms with Crippen LogP contribution in [0, 0.1) is 0 Å². The summed E-state index contributed by atoms with van der Waals surface area (Å²) in [4.78, 5) is 0. The van der Waals surface area contributed by atoms with E-state index in [2.05, 4.69) is 41.2 Å². The molecule has 3 rings (SSSR count). The Labute approximate surface area is 123 Å². The minimum absolute atomic E-state index is 0.164. The Hall–Kier alpha value is -0.860. The number of benzene rings is 1. The van der Waals surface area contributed by atoms with Crippen molar-refractivity contribution in [3.05, 3.63) is 35.9 Å². The van der Waals surface area contributed by atoms with E-state index in [9.17, 15) is 0 Å². The maximum Gasteiger partial charge on any atom is 0.0572 e. The Morgan fingerprint density at radius 3 is 2.15 bits per heavy atom. The lowest BCUT2D eigenvalue weighted by Crippen LogP contribution is -2.54. The Balaban J connectivity index is 1.69. The van der Waals surface area contributed by atoms with E-state index in [1.165, 1.54) is 69.8 Å². The zero-order valence-electron chi connectivity index (χ0n) is 12.5. The van der Waals surface area contributed by atoms with Crippen LogP contribution < -0.4 is 10.9 Å². The molecule has 0 atom stereocenters. The Morgan fingerprint density at radius 1 is 0.800 bits per heavy atom. The van der Waals surface area contributed by atoms with Gasteiger partial charge >= 0.3 is 0 Å². The van der Waals surface area contributed by atoms with Crippen LogP contribution in [0.5, 0.6) is 0 Å². The van der Waals surface area contributed by atoms with Gasteiger partial charge in [-0.15, -0.1) is 0 Å². The van der Waals surface area contributed by atoms with Gasteiger partial charge in [-0.3, -0.25) is 5.43 Å². The number of rotatable bonds is 4. The van der Waals surface area contributed by atoms with Gasteiger partial charge in [0.15, 0.2) is 0 Å². The Morgan fingerprint density at radius 2 is 1.45 bits per heavy atom. The van der Waals surface area contributed by atoms with E-state index in [1.54, 1.807) is 0 Å². The molecule has 2 fully saturated rings. The average Bonchev–Trinajstić information content (AvgIpc) is 2.56. The quantitative estimate of drug-likeness (QED) is 0.800. The van der Waals surface area contributed by atoms with Gasteiger partial charge in [-0.25, -0.2) is 5.43 Å². The van der Waals surface area contributed by atoms with E-state index in [-0.39, 0.29) is 5.54 Å². The first kappa shape index (κ1) is 14.1. The number of hydrazine groups is 1. The third-order valence-electron chi connectivity index (χ3n) is 5.15. The first-order chi connectivity index (χ1) is 9.89. The molecular formula is C18H28N2.